The third-order valence-corrected chi connectivity index (χ3v) is 2.27. The number of phenolic OH excluding ortho intramolecular Hbond substituents is 1. The van der Waals surface area contributed by atoms with Gasteiger partial charge in [0.25, 0.3) is 0 Å². The summed E-state index contributed by atoms with van der Waals surface area (Å²) in [5.74, 6) is 0.307. The van der Waals surface area contributed by atoms with Crippen LogP contribution in [0.3, 0.4) is 0 Å². The number of benzene rings is 1. The Kier molecular flexibility index (Phi) is 2.69. The van der Waals surface area contributed by atoms with Gasteiger partial charge in [0.05, 0.1) is 5.69 Å². The quantitative estimate of drug-likeness (QED) is 0.700. The van der Waals surface area contributed by atoms with Crippen molar-refractivity contribution in [2.75, 3.05) is 0 Å². The molecule has 0 radical (unpaired) electrons. The van der Waals surface area contributed by atoms with Crippen LogP contribution < -0.4 is 5.73 Å². The third kappa shape index (κ3) is 2.16. The van der Waals surface area contributed by atoms with Gasteiger partial charge in [-0.15, -0.1) is 0 Å². The molecule has 0 aliphatic rings. The van der Waals surface area contributed by atoms with Gasteiger partial charge in [-0.2, -0.15) is 5.10 Å². The average Bonchev–Trinajstić information content (AvgIpc) is 2.69. The van der Waals surface area contributed by atoms with Crippen LogP contribution in [0, 0.1) is 0 Å². The number of nitrogens with zero attached hydrogens (tertiary/aromatic N) is 1. The molecule has 4 heteroatoms. The fraction of sp³-hybridized carbons (Fsp3) is 0.182. The highest BCUT2D eigenvalue weighted by atomic mass is 16.3. The minimum Gasteiger partial charge on any atom is -0.508 e. The van der Waals surface area contributed by atoms with E-state index in [0.29, 0.717) is 18.7 Å². The summed E-state index contributed by atoms with van der Waals surface area (Å²) in [4.78, 5) is 0. The SMILES string of the molecule is NCc1cc(Cc2ccccc2O)[nH]n1. The van der Waals surface area contributed by atoms with E-state index >= 15 is 0 Å². The zero-order chi connectivity index (χ0) is 10.7. The van der Waals surface area contributed by atoms with Gasteiger partial charge in [-0.1, -0.05) is 18.2 Å². The standard InChI is InChI=1S/C11H13N3O/c12-7-10-6-9(13-14-10)5-8-3-1-2-4-11(8)15/h1-4,6,15H,5,7,12H2,(H,13,14). The summed E-state index contributed by atoms with van der Waals surface area (Å²) in [5, 5.41) is 16.5. The van der Waals surface area contributed by atoms with Crippen LogP contribution in [0.1, 0.15) is 17.0 Å². The molecule has 0 saturated heterocycles. The van der Waals surface area contributed by atoms with Crippen molar-refractivity contribution in [1.29, 1.82) is 0 Å². The molecule has 0 saturated carbocycles. The second kappa shape index (κ2) is 4.14. The molecule has 4 N–H and O–H groups in total. The van der Waals surface area contributed by atoms with Gasteiger partial charge in [-0.05, 0) is 17.7 Å². The number of phenols is 1. The van der Waals surface area contributed by atoms with Crippen molar-refractivity contribution >= 4 is 0 Å². The van der Waals surface area contributed by atoms with E-state index in [2.05, 4.69) is 10.2 Å². The van der Waals surface area contributed by atoms with Crippen molar-refractivity contribution in [2.45, 2.75) is 13.0 Å². The second-order valence-corrected chi connectivity index (χ2v) is 3.39. The molecule has 0 atom stereocenters. The number of aromatic amines is 1. The van der Waals surface area contributed by atoms with Crippen molar-refractivity contribution in [2.24, 2.45) is 5.73 Å². The van der Waals surface area contributed by atoms with Gasteiger partial charge in [0.2, 0.25) is 0 Å². The van der Waals surface area contributed by atoms with Gasteiger partial charge >= 0.3 is 0 Å². The van der Waals surface area contributed by atoms with Crippen LogP contribution in [-0.4, -0.2) is 15.3 Å². The lowest BCUT2D eigenvalue weighted by atomic mass is 10.1. The number of nitrogens with one attached hydrogen (secondary N) is 1. The summed E-state index contributed by atoms with van der Waals surface area (Å²) in [7, 11) is 0. The molecule has 0 bridgehead atoms. The molecule has 78 valence electrons. The molecule has 1 heterocycles. The molecule has 2 aromatic rings. The van der Waals surface area contributed by atoms with E-state index in [1.165, 1.54) is 0 Å². The Morgan fingerprint density at radius 1 is 1.33 bits per heavy atom. The fourth-order valence-corrected chi connectivity index (χ4v) is 1.47. The Labute approximate surface area is 87.7 Å². The lowest BCUT2D eigenvalue weighted by molar-refractivity contribution is 0.469. The monoisotopic (exact) mass is 203 g/mol. The summed E-state index contributed by atoms with van der Waals surface area (Å²) < 4.78 is 0. The largest absolute Gasteiger partial charge is 0.508 e. The van der Waals surface area contributed by atoms with Crippen molar-refractivity contribution in [1.82, 2.24) is 10.2 Å². The van der Waals surface area contributed by atoms with Crippen LogP contribution >= 0.6 is 0 Å². The predicted octanol–water partition coefficient (Wildman–Crippen LogP) is 1.16. The summed E-state index contributed by atoms with van der Waals surface area (Å²) in [6.07, 6.45) is 0.639. The van der Waals surface area contributed by atoms with Gasteiger partial charge in [-0.3, -0.25) is 5.10 Å². The molecule has 15 heavy (non-hydrogen) atoms. The zero-order valence-electron chi connectivity index (χ0n) is 8.27. The smallest absolute Gasteiger partial charge is 0.119 e. The van der Waals surface area contributed by atoms with E-state index in [-0.39, 0.29) is 0 Å². The van der Waals surface area contributed by atoms with E-state index in [9.17, 15) is 5.11 Å². The summed E-state index contributed by atoms with van der Waals surface area (Å²) in [5.41, 5.74) is 8.12. The van der Waals surface area contributed by atoms with Crippen LogP contribution in [0.4, 0.5) is 0 Å². The molecule has 2 rings (SSSR count). The maximum atomic E-state index is 9.58. The first kappa shape index (κ1) is 9.73. The molecule has 0 spiro atoms. The first-order valence-electron chi connectivity index (χ1n) is 4.79. The van der Waals surface area contributed by atoms with Crippen molar-refractivity contribution < 1.29 is 5.11 Å². The number of para-hydroxylation sites is 1. The van der Waals surface area contributed by atoms with E-state index in [0.717, 1.165) is 17.0 Å². The minimum atomic E-state index is 0.307. The van der Waals surface area contributed by atoms with Crippen LogP contribution in [0.2, 0.25) is 0 Å². The van der Waals surface area contributed by atoms with Gasteiger partial charge in [0.15, 0.2) is 0 Å². The molecule has 0 aliphatic heterocycles. The average molecular weight is 203 g/mol. The molecule has 4 nitrogen and oxygen atoms in total. The molecule has 1 aromatic carbocycles. The highest BCUT2D eigenvalue weighted by Crippen LogP contribution is 2.18. The Balaban J connectivity index is 2.18. The summed E-state index contributed by atoms with van der Waals surface area (Å²) in [6.45, 7) is 0.428. The molecule has 0 aliphatic carbocycles. The van der Waals surface area contributed by atoms with Gasteiger partial charge in [0.1, 0.15) is 5.75 Å². The fourth-order valence-electron chi connectivity index (χ4n) is 1.47. The number of aromatic hydroxyl groups is 1. The van der Waals surface area contributed by atoms with Crippen molar-refractivity contribution in [3.05, 3.63) is 47.3 Å². The summed E-state index contributed by atoms with van der Waals surface area (Å²) >= 11 is 0. The first-order chi connectivity index (χ1) is 7.29. The lowest BCUT2D eigenvalue weighted by Gasteiger charge is -2.01. The van der Waals surface area contributed by atoms with Gasteiger partial charge < -0.3 is 10.8 Å². The Hall–Kier alpha value is -1.81. The van der Waals surface area contributed by atoms with E-state index < -0.39 is 0 Å². The topological polar surface area (TPSA) is 74.9 Å². The van der Waals surface area contributed by atoms with Gasteiger partial charge in [-0.25, -0.2) is 0 Å². The Bertz CT molecular complexity index is 451. The molecule has 0 amide bonds. The number of nitrogens with two attached hydrogens (primary N) is 1. The van der Waals surface area contributed by atoms with Crippen molar-refractivity contribution in [3.8, 4) is 5.75 Å². The van der Waals surface area contributed by atoms with Gasteiger partial charge in [0, 0.05) is 18.7 Å². The van der Waals surface area contributed by atoms with Crippen LogP contribution in [0.5, 0.6) is 5.75 Å². The van der Waals surface area contributed by atoms with Crippen molar-refractivity contribution in [3.63, 3.8) is 0 Å². The third-order valence-electron chi connectivity index (χ3n) is 2.27. The maximum Gasteiger partial charge on any atom is 0.119 e. The Morgan fingerprint density at radius 3 is 2.80 bits per heavy atom. The number of rotatable bonds is 3. The molecular formula is C11H13N3O. The molecule has 0 unspecified atom stereocenters. The summed E-state index contributed by atoms with van der Waals surface area (Å²) in [6, 6.07) is 9.17. The highest BCUT2D eigenvalue weighted by molar-refractivity contribution is 5.34. The number of hydrogen-bond donors (Lipinski definition) is 3. The van der Waals surface area contributed by atoms with Crippen LogP contribution in [0.25, 0.3) is 0 Å². The normalized spacial score (nSPS) is 10.5. The van der Waals surface area contributed by atoms with Crippen LogP contribution in [-0.2, 0) is 13.0 Å². The second-order valence-electron chi connectivity index (χ2n) is 3.39. The molecule has 1 aromatic heterocycles. The number of hydrogen-bond acceptors (Lipinski definition) is 3. The predicted molar refractivity (Wildman–Crippen MR) is 57.4 cm³/mol. The maximum absolute atomic E-state index is 9.58. The van der Waals surface area contributed by atoms with Crippen LogP contribution in [0.15, 0.2) is 30.3 Å². The molecule has 0 fully saturated rings. The van der Waals surface area contributed by atoms with E-state index in [1.807, 2.05) is 18.2 Å². The molecular weight excluding hydrogens is 190 g/mol. The van der Waals surface area contributed by atoms with E-state index in [4.69, 9.17) is 5.73 Å². The number of aromatic nitrogens is 2. The number of H-pyrrole nitrogens is 1. The highest BCUT2D eigenvalue weighted by Gasteiger charge is 2.04. The lowest BCUT2D eigenvalue weighted by Crippen LogP contribution is -1.95. The zero-order valence-corrected chi connectivity index (χ0v) is 8.27. The Morgan fingerprint density at radius 2 is 2.13 bits per heavy atom. The minimum absolute atomic E-state index is 0.307. The van der Waals surface area contributed by atoms with E-state index in [1.54, 1.807) is 12.1 Å². The first-order valence-corrected chi connectivity index (χ1v) is 4.79.